The molecular weight excluding hydrogens is 228 g/mol. The Balaban J connectivity index is 4.22. The number of nitrogens with one attached hydrogen (secondary N) is 3. The maximum absolute atomic E-state index is 11.2. The van der Waals surface area contributed by atoms with Crippen molar-refractivity contribution < 1.29 is 9.59 Å². The van der Waals surface area contributed by atoms with Crippen molar-refractivity contribution in [1.29, 1.82) is 0 Å². The molecule has 0 radical (unpaired) electrons. The molecule has 0 aromatic carbocycles. The first-order chi connectivity index (χ1) is 7.63. The highest BCUT2D eigenvalue weighted by Gasteiger charge is 2.05. The lowest BCUT2D eigenvalue weighted by atomic mass is 10.6. The van der Waals surface area contributed by atoms with Crippen LogP contribution in [0.25, 0.3) is 0 Å². The molecule has 16 heavy (non-hydrogen) atoms. The fourth-order valence-corrected chi connectivity index (χ4v) is 1.08. The number of rotatable bonds is 3. The molecule has 3 N–H and O–H groups in total. The highest BCUT2D eigenvalue weighted by Crippen LogP contribution is 1.95. The van der Waals surface area contributed by atoms with E-state index < -0.39 is 12.1 Å². The van der Waals surface area contributed by atoms with E-state index in [0.29, 0.717) is 13.1 Å². The van der Waals surface area contributed by atoms with Gasteiger partial charge in [0.05, 0.1) is 0 Å². The standard InChI is InChI=1S/C9H16N4O2S/c1-4-6-11-8(15)13-9(16-3)12-7(14)10-5-2/h4H,1,5-6H2,2-3H3,(H3,10,11,12,13,14,15). The Bertz CT molecular complexity index is 291. The minimum atomic E-state index is -0.476. The average molecular weight is 244 g/mol. The summed E-state index contributed by atoms with van der Waals surface area (Å²) in [7, 11) is 0. The van der Waals surface area contributed by atoms with E-state index in [-0.39, 0.29) is 5.17 Å². The van der Waals surface area contributed by atoms with Crippen LogP contribution in [0.2, 0.25) is 0 Å². The average Bonchev–Trinajstić information content (AvgIpc) is 2.25. The predicted molar refractivity (Wildman–Crippen MR) is 66.8 cm³/mol. The zero-order valence-corrected chi connectivity index (χ0v) is 10.2. The van der Waals surface area contributed by atoms with E-state index in [9.17, 15) is 9.59 Å². The highest BCUT2D eigenvalue weighted by molar-refractivity contribution is 8.13. The van der Waals surface area contributed by atoms with Crippen molar-refractivity contribution in [2.24, 2.45) is 4.99 Å². The second-order valence-corrected chi connectivity index (χ2v) is 3.38. The quantitative estimate of drug-likeness (QED) is 0.392. The first-order valence-corrected chi connectivity index (χ1v) is 5.92. The van der Waals surface area contributed by atoms with Crippen molar-refractivity contribution >= 4 is 29.0 Å². The lowest BCUT2D eigenvalue weighted by molar-refractivity contribution is 0.246. The number of thioether (sulfide) groups is 1. The summed E-state index contributed by atoms with van der Waals surface area (Å²) in [5.41, 5.74) is 0. The summed E-state index contributed by atoms with van der Waals surface area (Å²) < 4.78 is 0. The van der Waals surface area contributed by atoms with E-state index in [1.807, 2.05) is 0 Å². The predicted octanol–water partition coefficient (Wildman–Crippen LogP) is 0.920. The van der Waals surface area contributed by atoms with Crippen LogP contribution < -0.4 is 16.0 Å². The highest BCUT2D eigenvalue weighted by atomic mass is 32.2. The summed E-state index contributed by atoms with van der Waals surface area (Å²) in [6, 6.07) is -0.895. The Labute approximate surface area is 99.0 Å². The first-order valence-electron chi connectivity index (χ1n) is 4.70. The minimum Gasteiger partial charge on any atom is -0.336 e. The SMILES string of the molecule is C=CCNC(=O)NC(=NC(=O)NCC)SC. The fraction of sp³-hybridized carbons (Fsp3) is 0.444. The van der Waals surface area contributed by atoms with Gasteiger partial charge >= 0.3 is 12.1 Å². The minimum absolute atomic E-state index is 0.243. The van der Waals surface area contributed by atoms with E-state index in [2.05, 4.69) is 27.5 Å². The largest absolute Gasteiger partial charge is 0.343 e. The maximum Gasteiger partial charge on any atom is 0.343 e. The molecule has 4 amide bonds. The van der Waals surface area contributed by atoms with E-state index in [1.54, 1.807) is 19.3 Å². The lowest BCUT2D eigenvalue weighted by Gasteiger charge is -2.06. The number of hydrogen-bond donors (Lipinski definition) is 3. The zero-order valence-electron chi connectivity index (χ0n) is 9.37. The van der Waals surface area contributed by atoms with Crippen LogP contribution in [0.4, 0.5) is 9.59 Å². The van der Waals surface area contributed by atoms with Gasteiger partial charge in [-0.05, 0) is 13.2 Å². The van der Waals surface area contributed by atoms with Crippen molar-refractivity contribution in [1.82, 2.24) is 16.0 Å². The molecule has 0 bridgehead atoms. The number of aliphatic imine (C=N–C) groups is 1. The maximum atomic E-state index is 11.2. The Hall–Kier alpha value is -1.50. The molecule has 0 saturated carbocycles. The van der Waals surface area contributed by atoms with Crippen LogP contribution >= 0.6 is 11.8 Å². The Morgan fingerprint density at radius 2 is 2.12 bits per heavy atom. The second-order valence-electron chi connectivity index (χ2n) is 2.58. The molecule has 0 spiro atoms. The fourth-order valence-electron chi connectivity index (χ4n) is 0.714. The lowest BCUT2D eigenvalue weighted by Crippen LogP contribution is -2.39. The summed E-state index contributed by atoms with van der Waals surface area (Å²) in [6.07, 6.45) is 3.27. The Kier molecular flexibility index (Phi) is 7.96. The van der Waals surface area contributed by atoms with Crippen molar-refractivity contribution in [3.05, 3.63) is 12.7 Å². The van der Waals surface area contributed by atoms with E-state index in [1.165, 1.54) is 11.8 Å². The number of carbonyl (C=O) groups is 2. The molecule has 0 aliphatic rings. The summed E-state index contributed by atoms with van der Waals surface area (Å²) in [5, 5.41) is 7.70. The summed E-state index contributed by atoms with van der Waals surface area (Å²) >= 11 is 1.18. The van der Waals surface area contributed by atoms with E-state index >= 15 is 0 Å². The number of carbonyl (C=O) groups excluding carboxylic acids is 2. The van der Waals surface area contributed by atoms with Gasteiger partial charge in [-0.25, -0.2) is 9.59 Å². The molecular formula is C9H16N4O2S. The third-order valence-electron chi connectivity index (χ3n) is 1.35. The number of urea groups is 2. The number of nitrogens with zero attached hydrogens (tertiary/aromatic N) is 1. The topological polar surface area (TPSA) is 82.6 Å². The Morgan fingerprint density at radius 3 is 2.62 bits per heavy atom. The van der Waals surface area contributed by atoms with Gasteiger partial charge in [0.15, 0.2) is 5.17 Å². The van der Waals surface area contributed by atoms with Crippen molar-refractivity contribution in [3.8, 4) is 0 Å². The molecule has 0 aromatic rings. The van der Waals surface area contributed by atoms with Gasteiger partial charge in [-0.15, -0.1) is 6.58 Å². The van der Waals surface area contributed by atoms with Crippen LogP contribution in [0.15, 0.2) is 17.6 Å². The molecule has 0 aromatic heterocycles. The number of amides is 4. The van der Waals surface area contributed by atoms with Crippen molar-refractivity contribution in [2.45, 2.75) is 6.92 Å². The van der Waals surface area contributed by atoms with E-state index in [4.69, 9.17) is 0 Å². The van der Waals surface area contributed by atoms with Gasteiger partial charge in [0.1, 0.15) is 0 Å². The summed E-state index contributed by atoms with van der Waals surface area (Å²) in [4.78, 5) is 26.0. The van der Waals surface area contributed by atoms with Gasteiger partial charge in [-0.2, -0.15) is 4.99 Å². The molecule has 90 valence electrons. The third-order valence-corrected chi connectivity index (χ3v) is 1.93. The Morgan fingerprint density at radius 1 is 1.44 bits per heavy atom. The number of hydrogen-bond acceptors (Lipinski definition) is 3. The van der Waals surface area contributed by atoms with Crippen molar-refractivity contribution in [3.63, 3.8) is 0 Å². The summed E-state index contributed by atoms with van der Waals surface area (Å²) in [6.45, 7) is 6.10. The molecule has 7 heteroatoms. The second kappa shape index (κ2) is 8.78. The molecule has 0 saturated heterocycles. The number of amidine groups is 1. The van der Waals surface area contributed by atoms with Gasteiger partial charge in [0.2, 0.25) is 0 Å². The normalized spacial score (nSPS) is 10.5. The van der Waals surface area contributed by atoms with Crippen LogP contribution in [-0.2, 0) is 0 Å². The van der Waals surface area contributed by atoms with Crippen LogP contribution in [0.1, 0.15) is 6.92 Å². The zero-order chi connectivity index (χ0) is 12.4. The molecule has 0 atom stereocenters. The molecule has 0 aliphatic heterocycles. The molecule has 0 unspecified atom stereocenters. The third kappa shape index (κ3) is 6.88. The van der Waals surface area contributed by atoms with Crippen LogP contribution in [0, 0.1) is 0 Å². The van der Waals surface area contributed by atoms with Crippen molar-refractivity contribution in [2.75, 3.05) is 19.3 Å². The molecule has 0 aliphatic carbocycles. The van der Waals surface area contributed by atoms with Crippen LogP contribution in [0.5, 0.6) is 0 Å². The van der Waals surface area contributed by atoms with Gasteiger partial charge < -0.3 is 10.6 Å². The monoisotopic (exact) mass is 244 g/mol. The van der Waals surface area contributed by atoms with Gasteiger partial charge in [0.25, 0.3) is 0 Å². The molecule has 0 fully saturated rings. The molecule has 0 rings (SSSR count). The van der Waals surface area contributed by atoms with Gasteiger partial charge in [-0.3, -0.25) is 5.32 Å². The van der Waals surface area contributed by atoms with E-state index in [0.717, 1.165) is 0 Å². The van der Waals surface area contributed by atoms with Gasteiger partial charge in [-0.1, -0.05) is 17.8 Å². The first kappa shape index (κ1) is 14.5. The van der Waals surface area contributed by atoms with Crippen LogP contribution in [0.3, 0.4) is 0 Å². The summed E-state index contributed by atoms with van der Waals surface area (Å²) in [5.74, 6) is 0. The van der Waals surface area contributed by atoms with Crippen LogP contribution in [-0.4, -0.2) is 36.6 Å². The van der Waals surface area contributed by atoms with Gasteiger partial charge in [0, 0.05) is 13.1 Å². The molecule has 6 nitrogen and oxygen atoms in total. The molecule has 0 heterocycles. The smallest absolute Gasteiger partial charge is 0.336 e.